The summed E-state index contributed by atoms with van der Waals surface area (Å²) in [7, 11) is 0. The minimum atomic E-state index is -0.228. The Bertz CT molecular complexity index is 1360. The zero-order valence-electron chi connectivity index (χ0n) is 25.0. The van der Waals surface area contributed by atoms with Gasteiger partial charge in [0, 0.05) is 76.2 Å². The van der Waals surface area contributed by atoms with Crippen molar-refractivity contribution in [2.45, 2.75) is 38.0 Å². The summed E-state index contributed by atoms with van der Waals surface area (Å²) in [6.07, 6.45) is 4.09. The van der Waals surface area contributed by atoms with Gasteiger partial charge in [-0.15, -0.1) is 0 Å². The fourth-order valence-corrected chi connectivity index (χ4v) is 6.72. The highest BCUT2D eigenvalue weighted by atomic mass is 32.1. The van der Waals surface area contributed by atoms with Crippen LogP contribution < -0.4 is 25.3 Å². The molecule has 8 nitrogen and oxygen atoms in total. The van der Waals surface area contributed by atoms with Crippen LogP contribution in [0.5, 0.6) is 0 Å². The number of piperidine rings is 1. The predicted octanol–water partition coefficient (Wildman–Crippen LogP) is 5.21. The molecule has 3 saturated heterocycles. The van der Waals surface area contributed by atoms with Gasteiger partial charge in [-0.2, -0.15) is 9.97 Å². The number of thiocarbonyl (C=S) groups is 1. The summed E-state index contributed by atoms with van der Waals surface area (Å²) in [4.78, 5) is 17.1. The Morgan fingerprint density at radius 1 is 0.930 bits per heavy atom. The molecule has 0 bridgehead atoms. The molecule has 0 unspecified atom stereocenters. The summed E-state index contributed by atoms with van der Waals surface area (Å²) in [5.74, 6) is 2.78. The van der Waals surface area contributed by atoms with Gasteiger partial charge in [0.1, 0.15) is 17.5 Å². The normalized spacial score (nSPS) is 20.5. The van der Waals surface area contributed by atoms with Crippen molar-refractivity contribution in [2.75, 3.05) is 79.0 Å². The average molecular weight is 604 g/mol. The van der Waals surface area contributed by atoms with Crippen LogP contribution in [0.1, 0.15) is 38.2 Å². The second kappa shape index (κ2) is 13.4. The van der Waals surface area contributed by atoms with Crippen molar-refractivity contribution in [3.05, 3.63) is 72.0 Å². The summed E-state index contributed by atoms with van der Waals surface area (Å²) in [6.45, 7) is 9.87. The van der Waals surface area contributed by atoms with Gasteiger partial charge in [-0.25, -0.2) is 4.39 Å². The molecule has 1 atom stereocenters. The SMILES string of the molecule is C[C@@H]1CCCN(c2cc(N3CCN(c4ccccc4)CC3)nc(NC(=S)NCC3(c4ccc(F)cc4)CCOCC3)n2)C1. The summed E-state index contributed by atoms with van der Waals surface area (Å²) in [5.41, 5.74) is 2.17. The van der Waals surface area contributed by atoms with E-state index in [-0.39, 0.29) is 11.2 Å². The highest BCUT2D eigenvalue weighted by molar-refractivity contribution is 7.80. The van der Waals surface area contributed by atoms with Crippen molar-refractivity contribution in [2.24, 2.45) is 5.92 Å². The van der Waals surface area contributed by atoms with Crippen LogP contribution in [0, 0.1) is 11.7 Å². The molecule has 228 valence electrons. The fraction of sp³-hybridized carbons (Fsp3) is 0.485. The number of hydrogen-bond donors (Lipinski definition) is 2. The second-order valence-electron chi connectivity index (χ2n) is 12.1. The van der Waals surface area contributed by atoms with Crippen LogP contribution in [0.15, 0.2) is 60.7 Å². The monoisotopic (exact) mass is 603 g/mol. The molecule has 2 N–H and O–H groups in total. The van der Waals surface area contributed by atoms with Crippen LogP contribution in [0.3, 0.4) is 0 Å². The topological polar surface area (TPSA) is 68.8 Å². The van der Waals surface area contributed by atoms with Gasteiger partial charge < -0.3 is 30.1 Å². The van der Waals surface area contributed by atoms with Gasteiger partial charge in [-0.3, -0.25) is 0 Å². The van der Waals surface area contributed by atoms with E-state index in [2.05, 4.69) is 68.7 Å². The van der Waals surface area contributed by atoms with Crippen molar-refractivity contribution < 1.29 is 9.13 Å². The van der Waals surface area contributed by atoms with E-state index in [1.54, 1.807) is 0 Å². The zero-order valence-corrected chi connectivity index (χ0v) is 25.8. The Morgan fingerprint density at radius 3 is 2.30 bits per heavy atom. The Kier molecular flexibility index (Phi) is 9.23. The van der Waals surface area contributed by atoms with Crippen molar-refractivity contribution in [1.29, 1.82) is 0 Å². The fourth-order valence-electron chi connectivity index (χ4n) is 6.56. The van der Waals surface area contributed by atoms with Gasteiger partial charge >= 0.3 is 0 Å². The van der Waals surface area contributed by atoms with Crippen molar-refractivity contribution in [3.63, 3.8) is 0 Å². The third kappa shape index (κ3) is 7.18. The number of ether oxygens (including phenoxy) is 1. The Labute approximate surface area is 259 Å². The molecule has 2 aromatic carbocycles. The lowest BCUT2D eigenvalue weighted by Crippen LogP contribution is -2.47. The highest BCUT2D eigenvalue weighted by Gasteiger charge is 2.35. The van der Waals surface area contributed by atoms with E-state index in [1.807, 2.05) is 12.1 Å². The highest BCUT2D eigenvalue weighted by Crippen LogP contribution is 2.34. The number of rotatable bonds is 7. The molecule has 0 saturated carbocycles. The van der Waals surface area contributed by atoms with E-state index < -0.39 is 0 Å². The third-order valence-electron chi connectivity index (χ3n) is 9.12. The van der Waals surface area contributed by atoms with Crippen LogP contribution in [0.2, 0.25) is 0 Å². The van der Waals surface area contributed by atoms with E-state index in [0.717, 1.165) is 75.7 Å². The number of nitrogens with one attached hydrogen (secondary N) is 2. The molecule has 0 aliphatic carbocycles. The molecule has 3 fully saturated rings. The lowest BCUT2D eigenvalue weighted by atomic mass is 9.74. The Balaban J connectivity index is 1.17. The van der Waals surface area contributed by atoms with Crippen LogP contribution in [-0.2, 0) is 10.2 Å². The molecule has 6 rings (SSSR count). The molecule has 3 aliphatic rings. The molecule has 43 heavy (non-hydrogen) atoms. The van der Waals surface area contributed by atoms with Gasteiger partial charge in [0.15, 0.2) is 5.11 Å². The van der Waals surface area contributed by atoms with Gasteiger partial charge in [0.25, 0.3) is 0 Å². The van der Waals surface area contributed by atoms with Gasteiger partial charge in [-0.05, 0) is 73.6 Å². The maximum absolute atomic E-state index is 13.7. The smallest absolute Gasteiger partial charge is 0.232 e. The third-order valence-corrected chi connectivity index (χ3v) is 9.37. The number of aromatic nitrogens is 2. The number of hydrogen-bond acceptors (Lipinski definition) is 7. The number of anilines is 4. The Hall–Kier alpha value is -3.50. The molecule has 3 aromatic rings. The molecule has 0 amide bonds. The molecule has 0 spiro atoms. The first-order chi connectivity index (χ1) is 21.0. The number of halogens is 1. The molecular formula is C33H42FN7OS. The van der Waals surface area contributed by atoms with E-state index in [4.69, 9.17) is 26.9 Å². The largest absolute Gasteiger partial charge is 0.381 e. The summed E-state index contributed by atoms with van der Waals surface area (Å²) >= 11 is 5.79. The minimum absolute atomic E-state index is 0.187. The second-order valence-corrected chi connectivity index (χ2v) is 12.5. The van der Waals surface area contributed by atoms with Crippen LogP contribution in [-0.4, -0.2) is 74.1 Å². The van der Waals surface area contributed by atoms with Crippen molar-refractivity contribution in [1.82, 2.24) is 15.3 Å². The molecule has 3 aliphatic heterocycles. The summed E-state index contributed by atoms with van der Waals surface area (Å²) in [5, 5.41) is 7.23. The minimum Gasteiger partial charge on any atom is -0.381 e. The molecule has 0 radical (unpaired) electrons. The standard InChI is InChI=1S/C33H42FN7OS/c1-25-6-5-15-41(23-25)30-22-29(40-18-16-39(17-19-40)28-7-3-2-4-8-28)36-31(37-30)38-32(43)35-24-33(13-20-42-21-14-33)26-9-11-27(34)12-10-26/h2-4,7-12,22,25H,5-6,13-21,23-24H2,1H3,(H2,35,36,37,38,43)/t25-/m1/s1. The van der Waals surface area contributed by atoms with E-state index >= 15 is 0 Å². The number of para-hydroxylation sites is 1. The number of nitrogens with zero attached hydrogens (tertiary/aromatic N) is 5. The number of benzene rings is 2. The summed E-state index contributed by atoms with van der Waals surface area (Å²) < 4.78 is 19.4. The zero-order chi connectivity index (χ0) is 29.6. The van der Waals surface area contributed by atoms with Gasteiger partial charge in [0.05, 0.1) is 0 Å². The first-order valence-corrected chi connectivity index (χ1v) is 16.0. The van der Waals surface area contributed by atoms with Crippen molar-refractivity contribution in [3.8, 4) is 0 Å². The lowest BCUT2D eigenvalue weighted by Gasteiger charge is -2.38. The summed E-state index contributed by atoms with van der Waals surface area (Å²) in [6, 6.07) is 19.6. The molecular weight excluding hydrogens is 561 g/mol. The van der Waals surface area contributed by atoms with Gasteiger partial charge in [-0.1, -0.05) is 37.3 Å². The molecule has 1 aromatic heterocycles. The number of piperazine rings is 1. The predicted molar refractivity (Wildman–Crippen MR) is 176 cm³/mol. The van der Waals surface area contributed by atoms with Gasteiger partial charge in [0.2, 0.25) is 5.95 Å². The van der Waals surface area contributed by atoms with E-state index in [9.17, 15) is 4.39 Å². The lowest BCUT2D eigenvalue weighted by molar-refractivity contribution is 0.0515. The quantitative estimate of drug-likeness (QED) is 0.354. The van der Waals surface area contributed by atoms with E-state index in [1.165, 1.54) is 24.2 Å². The van der Waals surface area contributed by atoms with Crippen LogP contribution >= 0.6 is 12.2 Å². The molecule has 4 heterocycles. The Morgan fingerprint density at radius 2 is 1.60 bits per heavy atom. The maximum Gasteiger partial charge on any atom is 0.232 e. The maximum atomic E-state index is 13.7. The van der Waals surface area contributed by atoms with Crippen LogP contribution in [0.25, 0.3) is 0 Å². The van der Waals surface area contributed by atoms with Crippen LogP contribution in [0.4, 0.5) is 27.7 Å². The molecule has 10 heteroatoms. The first-order valence-electron chi connectivity index (χ1n) is 15.6. The van der Waals surface area contributed by atoms with E-state index in [0.29, 0.717) is 36.7 Å². The first kappa shape index (κ1) is 29.6. The average Bonchev–Trinajstić information content (AvgIpc) is 3.05. The van der Waals surface area contributed by atoms with Crippen molar-refractivity contribution >= 4 is 40.6 Å².